The molecule has 1 heterocycles. The minimum Gasteiger partial charge on any atom is -0.280 e. The van der Waals surface area contributed by atoms with Gasteiger partial charge in [-0.25, -0.2) is 8.42 Å². The summed E-state index contributed by atoms with van der Waals surface area (Å²) < 4.78 is 29.5. The van der Waals surface area contributed by atoms with Gasteiger partial charge in [-0.2, -0.15) is 9.78 Å². The first-order valence-corrected chi connectivity index (χ1v) is 11.9. The first kappa shape index (κ1) is 20.8. The summed E-state index contributed by atoms with van der Waals surface area (Å²) >= 11 is 11.7. The van der Waals surface area contributed by atoms with Crippen LogP contribution in [0.3, 0.4) is 0 Å². The fraction of sp³-hybridized carbons (Fsp3) is 0.0435. The molecule has 3 aromatic carbocycles. The molecule has 1 aliphatic rings. The van der Waals surface area contributed by atoms with Crippen molar-refractivity contribution in [2.45, 2.75) is 11.3 Å². The largest absolute Gasteiger partial charge is 0.291 e. The molecule has 5 rings (SSSR count). The predicted octanol–water partition coefficient (Wildman–Crippen LogP) is 4.91. The molecule has 0 atom stereocenters. The van der Waals surface area contributed by atoms with Crippen molar-refractivity contribution < 1.29 is 8.42 Å². The number of halogens is 2. The zero-order chi connectivity index (χ0) is 22.5. The summed E-state index contributed by atoms with van der Waals surface area (Å²) in [4.78, 5) is 12.3. The molecule has 0 unspecified atom stereocenters. The van der Waals surface area contributed by atoms with E-state index in [9.17, 15) is 13.2 Å². The molecule has 0 aliphatic heterocycles. The van der Waals surface area contributed by atoms with Crippen LogP contribution in [0.5, 0.6) is 0 Å². The Hall–Kier alpha value is -3.13. The van der Waals surface area contributed by atoms with Gasteiger partial charge >= 0.3 is 0 Å². The van der Waals surface area contributed by atoms with Crippen molar-refractivity contribution in [2.24, 2.45) is 0 Å². The van der Waals surface area contributed by atoms with Gasteiger partial charge in [0, 0.05) is 5.69 Å². The maximum Gasteiger partial charge on any atom is 0.291 e. The first-order chi connectivity index (χ1) is 15.3. The minimum absolute atomic E-state index is 0.0498. The van der Waals surface area contributed by atoms with Gasteiger partial charge in [0.2, 0.25) is 0 Å². The third kappa shape index (κ3) is 3.58. The number of fused-ring (bicyclic) bond motifs is 3. The molecule has 1 aliphatic carbocycles. The van der Waals surface area contributed by atoms with Crippen molar-refractivity contribution in [3.8, 4) is 16.8 Å². The molecular weight excluding hydrogens is 469 g/mol. The molecule has 160 valence electrons. The van der Waals surface area contributed by atoms with Crippen LogP contribution in [0.1, 0.15) is 11.1 Å². The van der Waals surface area contributed by atoms with Gasteiger partial charge in [0.05, 0.1) is 21.8 Å². The quantitative estimate of drug-likeness (QED) is 0.393. The Morgan fingerprint density at radius 1 is 0.906 bits per heavy atom. The molecule has 9 heteroatoms. The van der Waals surface area contributed by atoms with Crippen LogP contribution in [0.2, 0.25) is 10.0 Å². The highest BCUT2D eigenvalue weighted by Crippen LogP contribution is 2.37. The van der Waals surface area contributed by atoms with E-state index in [-0.39, 0.29) is 14.9 Å². The summed E-state index contributed by atoms with van der Waals surface area (Å²) in [6, 6.07) is 19.5. The number of nitrogens with zero attached hydrogens (tertiary/aromatic N) is 2. The smallest absolute Gasteiger partial charge is 0.280 e. The molecule has 0 saturated carbocycles. The fourth-order valence-electron chi connectivity index (χ4n) is 3.79. The topological polar surface area (TPSA) is 81.1 Å². The van der Waals surface area contributed by atoms with Crippen molar-refractivity contribution >= 4 is 38.9 Å². The molecule has 4 aromatic rings. The predicted molar refractivity (Wildman–Crippen MR) is 125 cm³/mol. The number of nitrogens with one attached hydrogen (secondary N) is 1. The first-order valence-electron chi connectivity index (χ1n) is 9.61. The Morgan fingerprint density at radius 2 is 1.62 bits per heavy atom. The van der Waals surface area contributed by atoms with E-state index in [1.165, 1.54) is 41.6 Å². The second-order valence-corrected chi connectivity index (χ2v) is 9.80. The Balaban J connectivity index is 1.41. The number of hydrogen-bond acceptors (Lipinski definition) is 4. The van der Waals surface area contributed by atoms with E-state index in [0.717, 1.165) is 22.2 Å². The second kappa shape index (κ2) is 7.78. The summed E-state index contributed by atoms with van der Waals surface area (Å²) in [5.74, 6) is 0. The maximum absolute atomic E-state index is 12.9. The number of benzene rings is 3. The Kier molecular flexibility index (Phi) is 5.04. The SMILES string of the molecule is O=c1c(Cl)c(Cl)cnn1-c1ccc(S(=O)(=O)Nc2ccc3c(c2)Cc2ccccc2-3)cc1. The molecule has 0 amide bonds. The number of rotatable bonds is 4. The lowest BCUT2D eigenvalue weighted by atomic mass is 10.1. The van der Waals surface area contributed by atoms with Crippen LogP contribution in [0, 0.1) is 0 Å². The second-order valence-electron chi connectivity index (χ2n) is 7.33. The van der Waals surface area contributed by atoms with Crippen molar-refractivity contribution in [2.75, 3.05) is 4.72 Å². The van der Waals surface area contributed by atoms with E-state index in [1.54, 1.807) is 6.07 Å². The zero-order valence-corrected chi connectivity index (χ0v) is 18.7. The lowest BCUT2D eigenvalue weighted by Gasteiger charge is -2.11. The van der Waals surface area contributed by atoms with E-state index in [4.69, 9.17) is 23.2 Å². The van der Waals surface area contributed by atoms with Crippen LogP contribution in [-0.2, 0) is 16.4 Å². The van der Waals surface area contributed by atoms with Crippen LogP contribution in [0.25, 0.3) is 16.8 Å². The summed E-state index contributed by atoms with van der Waals surface area (Å²) in [7, 11) is -3.83. The van der Waals surface area contributed by atoms with E-state index < -0.39 is 15.6 Å². The lowest BCUT2D eigenvalue weighted by Crippen LogP contribution is -2.21. The zero-order valence-electron chi connectivity index (χ0n) is 16.4. The number of hydrogen-bond donors (Lipinski definition) is 1. The van der Waals surface area contributed by atoms with Gasteiger partial charge in [-0.3, -0.25) is 9.52 Å². The monoisotopic (exact) mass is 483 g/mol. The maximum atomic E-state index is 12.9. The van der Waals surface area contributed by atoms with Gasteiger partial charge in [-0.15, -0.1) is 0 Å². The average Bonchev–Trinajstić information content (AvgIpc) is 3.15. The summed E-state index contributed by atoms with van der Waals surface area (Å²) in [6.07, 6.45) is 2.02. The van der Waals surface area contributed by atoms with Crippen LogP contribution in [-0.4, -0.2) is 18.2 Å². The fourth-order valence-corrected chi connectivity index (χ4v) is 5.09. The Morgan fingerprint density at radius 3 is 2.41 bits per heavy atom. The standard InChI is InChI=1S/C23H15Cl2N3O3S/c24-21-13-26-28(23(29)22(21)25)17-6-8-18(9-7-17)32(30,31)27-16-5-10-20-15(12-16)11-14-3-1-2-4-19(14)20/h1-10,12-13,27H,11H2. The molecule has 6 nitrogen and oxygen atoms in total. The number of sulfonamides is 1. The Bertz CT molecular complexity index is 1530. The van der Waals surface area contributed by atoms with Crippen LogP contribution in [0.15, 0.2) is 82.6 Å². The summed E-state index contributed by atoms with van der Waals surface area (Å²) in [6.45, 7) is 0. The van der Waals surface area contributed by atoms with Gasteiger partial charge < -0.3 is 0 Å². The van der Waals surface area contributed by atoms with Gasteiger partial charge in [-0.05, 0) is 65.1 Å². The highest BCUT2D eigenvalue weighted by atomic mass is 35.5. The normalized spacial score (nSPS) is 12.3. The van der Waals surface area contributed by atoms with Gasteiger partial charge in [-0.1, -0.05) is 53.5 Å². The Labute approximate surface area is 194 Å². The van der Waals surface area contributed by atoms with Crippen molar-refractivity contribution in [1.82, 2.24) is 9.78 Å². The molecule has 1 aromatic heterocycles. The van der Waals surface area contributed by atoms with Gasteiger partial charge in [0.15, 0.2) is 0 Å². The van der Waals surface area contributed by atoms with E-state index >= 15 is 0 Å². The minimum atomic E-state index is -3.83. The number of aromatic nitrogens is 2. The van der Waals surface area contributed by atoms with Crippen LogP contribution in [0.4, 0.5) is 5.69 Å². The van der Waals surface area contributed by atoms with Gasteiger partial charge in [0.25, 0.3) is 15.6 Å². The van der Waals surface area contributed by atoms with Crippen molar-refractivity contribution in [3.63, 3.8) is 0 Å². The average molecular weight is 484 g/mol. The van der Waals surface area contributed by atoms with E-state index in [2.05, 4.69) is 22.0 Å². The summed E-state index contributed by atoms with van der Waals surface area (Å²) in [5, 5.41) is 3.84. The van der Waals surface area contributed by atoms with Crippen molar-refractivity contribution in [3.05, 3.63) is 104 Å². The van der Waals surface area contributed by atoms with E-state index in [1.807, 2.05) is 24.3 Å². The molecule has 0 saturated heterocycles. The molecule has 0 spiro atoms. The highest BCUT2D eigenvalue weighted by Gasteiger charge is 2.20. The highest BCUT2D eigenvalue weighted by molar-refractivity contribution is 7.92. The van der Waals surface area contributed by atoms with Crippen LogP contribution < -0.4 is 10.3 Å². The molecular formula is C23H15Cl2N3O3S. The molecule has 0 bridgehead atoms. The third-order valence-electron chi connectivity index (χ3n) is 5.31. The molecule has 1 N–H and O–H groups in total. The molecule has 0 radical (unpaired) electrons. The lowest BCUT2D eigenvalue weighted by molar-refractivity contribution is 0.601. The summed E-state index contributed by atoms with van der Waals surface area (Å²) in [5.41, 5.74) is 4.86. The van der Waals surface area contributed by atoms with E-state index in [0.29, 0.717) is 11.4 Å². The van der Waals surface area contributed by atoms with Crippen molar-refractivity contribution in [1.29, 1.82) is 0 Å². The van der Waals surface area contributed by atoms with Gasteiger partial charge in [0.1, 0.15) is 5.02 Å². The molecule has 32 heavy (non-hydrogen) atoms. The number of anilines is 1. The third-order valence-corrected chi connectivity index (χ3v) is 7.46. The molecule has 0 fully saturated rings. The van der Waals surface area contributed by atoms with Crippen LogP contribution >= 0.6 is 23.2 Å².